The number of carbonyl (C=O) groups is 2. The van der Waals surface area contributed by atoms with Crippen molar-refractivity contribution in [3.05, 3.63) is 33.3 Å². The Balaban J connectivity index is 2.35. The number of carboxylic acid groups (broad SMARTS) is 1. The van der Waals surface area contributed by atoms with Crippen molar-refractivity contribution in [3.8, 4) is 5.75 Å². The molecule has 7 nitrogen and oxygen atoms in total. The predicted molar refractivity (Wildman–Crippen MR) is 77.6 cm³/mol. The van der Waals surface area contributed by atoms with E-state index in [4.69, 9.17) is 21.4 Å². The molecule has 1 aromatic carbocycles. The minimum absolute atomic E-state index is 0.0869. The number of anilines is 1. The van der Waals surface area contributed by atoms with Crippen LogP contribution >= 0.6 is 23.1 Å². The van der Waals surface area contributed by atoms with Crippen LogP contribution in [0.5, 0.6) is 5.75 Å². The number of aryl methyl sites for hydroxylation is 1. The summed E-state index contributed by atoms with van der Waals surface area (Å²) in [4.78, 5) is 23.5. The fourth-order valence-corrected chi connectivity index (χ4v) is 2.37. The SMILES string of the molecule is COc1cc(NC(=O)c2snnc2C)c(Cl)cc1C(=O)O. The monoisotopic (exact) mass is 327 g/mol. The lowest BCUT2D eigenvalue weighted by molar-refractivity contribution is 0.0693. The van der Waals surface area contributed by atoms with Crippen LogP contribution in [0.15, 0.2) is 12.1 Å². The van der Waals surface area contributed by atoms with Crippen LogP contribution in [0.1, 0.15) is 25.7 Å². The van der Waals surface area contributed by atoms with Crippen molar-refractivity contribution in [2.75, 3.05) is 12.4 Å². The molecule has 1 amide bonds. The third kappa shape index (κ3) is 3.11. The van der Waals surface area contributed by atoms with Gasteiger partial charge >= 0.3 is 5.97 Å². The molecular weight excluding hydrogens is 318 g/mol. The molecule has 0 fully saturated rings. The summed E-state index contributed by atoms with van der Waals surface area (Å²) in [6.07, 6.45) is 0. The minimum atomic E-state index is -1.17. The van der Waals surface area contributed by atoms with E-state index in [-0.39, 0.29) is 22.0 Å². The Morgan fingerprint density at radius 3 is 2.67 bits per heavy atom. The van der Waals surface area contributed by atoms with Crippen molar-refractivity contribution >= 4 is 40.7 Å². The molecule has 2 rings (SSSR count). The van der Waals surface area contributed by atoms with Crippen LogP contribution in [0.3, 0.4) is 0 Å². The average Bonchev–Trinajstić information content (AvgIpc) is 2.86. The first-order valence-electron chi connectivity index (χ1n) is 5.65. The Morgan fingerprint density at radius 2 is 2.14 bits per heavy atom. The van der Waals surface area contributed by atoms with Gasteiger partial charge in [0.15, 0.2) is 0 Å². The van der Waals surface area contributed by atoms with Crippen LogP contribution in [0.25, 0.3) is 0 Å². The highest BCUT2D eigenvalue weighted by Crippen LogP contribution is 2.31. The lowest BCUT2D eigenvalue weighted by Crippen LogP contribution is -2.12. The molecule has 0 spiro atoms. The van der Waals surface area contributed by atoms with Crippen LogP contribution in [0.2, 0.25) is 5.02 Å². The normalized spacial score (nSPS) is 10.2. The number of methoxy groups -OCH3 is 1. The number of hydrogen-bond acceptors (Lipinski definition) is 6. The highest BCUT2D eigenvalue weighted by molar-refractivity contribution is 7.08. The largest absolute Gasteiger partial charge is 0.496 e. The maximum Gasteiger partial charge on any atom is 0.339 e. The van der Waals surface area contributed by atoms with Gasteiger partial charge in [-0.25, -0.2) is 4.79 Å². The fraction of sp³-hybridized carbons (Fsp3) is 0.167. The van der Waals surface area contributed by atoms with Gasteiger partial charge in [-0.3, -0.25) is 4.79 Å². The number of aromatic nitrogens is 2. The van der Waals surface area contributed by atoms with Gasteiger partial charge in [0.25, 0.3) is 5.91 Å². The smallest absolute Gasteiger partial charge is 0.339 e. The molecule has 0 saturated heterocycles. The lowest BCUT2D eigenvalue weighted by atomic mass is 10.1. The van der Waals surface area contributed by atoms with Gasteiger partial charge in [-0.1, -0.05) is 16.1 Å². The molecule has 2 N–H and O–H groups in total. The highest BCUT2D eigenvalue weighted by atomic mass is 35.5. The standard InChI is InChI=1S/C12H10ClN3O4S/c1-5-10(21-16-15-5)11(17)14-8-4-9(20-2)6(12(18)19)3-7(8)13/h3-4H,1-2H3,(H,14,17)(H,18,19). The summed E-state index contributed by atoms with van der Waals surface area (Å²) in [5.41, 5.74) is 0.662. The van der Waals surface area contributed by atoms with E-state index in [0.29, 0.717) is 10.6 Å². The van der Waals surface area contributed by atoms with Crippen molar-refractivity contribution in [1.29, 1.82) is 0 Å². The zero-order valence-electron chi connectivity index (χ0n) is 11.0. The number of benzene rings is 1. The number of nitrogens with one attached hydrogen (secondary N) is 1. The van der Waals surface area contributed by atoms with E-state index in [1.165, 1.54) is 19.2 Å². The van der Waals surface area contributed by atoms with Gasteiger partial charge < -0.3 is 15.2 Å². The predicted octanol–water partition coefficient (Wildman–Crippen LogP) is 2.46. The Bertz CT molecular complexity index is 717. The number of carboxylic acids is 1. The lowest BCUT2D eigenvalue weighted by Gasteiger charge is -2.11. The number of aromatic carboxylic acids is 1. The maximum absolute atomic E-state index is 12.1. The third-order valence-corrected chi connectivity index (χ3v) is 3.76. The summed E-state index contributed by atoms with van der Waals surface area (Å²) in [5, 5.41) is 15.5. The molecule has 0 saturated carbocycles. The number of nitrogens with zero attached hydrogens (tertiary/aromatic N) is 2. The molecule has 0 radical (unpaired) electrons. The summed E-state index contributed by atoms with van der Waals surface area (Å²) in [7, 11) is 1.33. The van der Waals surface area contributed by atoms with Crippen molar-refractivity contribution in [2.24, 2.45) is 0 Å². The van der Waals surface area contributed by atoms with Crippen LogP contribution in [0, 0.1) is 6.92 Å². The molecule has 0 unspecified atom stereocenters. The summed E-state index contributed by atoms with van der Waals surface area (Å²) in [6.45, 7) is 1.66. The van der Waals surface area contributed by atoms with Gasteiger partial charge in [0, 0.05) is 6.07 Å². The van der Waals surface area contributed by atoms with Gasteiger partial charge in [-0.2, -0.15) is 0 Å². The molecule has 1 aromatic heterocycles. The zero-order chi connectivity index (χ0) is 15.6. The van der Waals surface area contributed by atoms with Crippen LogP contribution in [0.4, 0.5) is 5.69 Å². The van der Waals surface area contributed by atoms with Crippen molar-refractivity contribution in [1.82, 2.24) is 9.59 Å². The Kier molecular flexibility index (Phi) is 4.39. The number of halogens is 1. The van der Waals surface area contributed by atoms with Crippen LogP contribution < -0.4 is 10.1 Å². The van der Waals surface area contributed by atoms with Gasteiger partial charge in [-0.15, -0.1) is 5.10 Å². The molecule has 0 bridgehead atoms. The van der Waals surface area contributed by atoms with E-state index >= 15 is 0 Å². The van der Waals surface area contributed by atoms with E-state index < -0.39 is 11.9 Å². The molecule has 2 aromatic rings. The number of amides is 1. The molecule has 0 aliphatic heterocycles. The minimum Gasteiger partial charge on any atom is -0.496 e. The quantitative estimate of drug-likeness (QED) is 0.894. The van der Waals surface area contributed by atoms with E-state index in [1.54, 1.807) is 6.92 Å². The second-order valence-corrected chi connectivity index (χ2v) is 5.14. The third-order valence-electron chi connectivity index (χ3n) is 2.63. The zero-order valence-corrected chi connectivity index (χ0v) is 12.6. The highest BCUT2D eigenvalue weighted by Gasteiger charge is 2.18. The molecule has 9 heteroatoms. The Hall–Kier alpha value is -2.19. The van der Waals surface area contributed by atoms with Crippen molar-refractivity contribution in [2.45, 2.75) is 6.92 Å². The fourth-order valence-electron chi connectivity index (χ4n) is 1.60. The number of ether oxygens (including phenoxy) is 1. The van der Waals surface area contributed by atoms with Gasteiger partial charge in [-0.05, 0) is 24.5 Å². The number of hydrogen-bond donors (Lipinski definition) is 2. The number of rotatable bonds is 4. The Labute approximate surface area is 128 Å². The van der Waals surface area contributed by atoms with E-state index in [0.717, 1.165) is 11.5 Å². The van der Waals surface area contributed by atoms with Crippen molar-refractivity contribution in [3.63, 3.8) is 0 Å². The number of carbonyl (C=O) groups excluding carboxylic acids is 1. The average molecular weight is 328 g/mol. The first kappa shape index (κ1) is 15.2. The van der Waals surface area contributed by atoms with Gasteiger partial charge in [0.1, 0.15) is 16.2 Å². The Morgan fingerprint density at radius 1 is 1.43 bits per heavy atom. The maximum atomic E-state index is 12.1. The first-order chi connectivity index (χ1) is 9.93. The van der Waals surface area contributed by atoms with Crippen molar-refractivity contribution < 1.29 is 19.4 Å². The van der Waals surface area contributed by atoms with E-state index in [1.807, 2.05) is 0 Å². The molecule has 21 heavy (non-hydrogen) atoms. The molecule has 0 aliphatic rings. The second-order valence-electron chi connectivity index (χ2n) is 3.98. The van der Waals surface area contributed by atoms with Gasteiger partial charge in [0.2, 0.25) is 0 Å². The van der Waals surface area contributed by atoms with Gasteiger partial charge in [0.05, 0.1) is 23.5 Å². The topological polar surface area (TPSA) is 101 Å². The molecule has 1 heterocycles. The summed E-state index contributed by atoms with van der Waals surface area (Å²) < 4.78 is 8.66. The summed E-state index contributed by atoms with van der Waals surface area (Å²) >= 11 is 6.95. The molecular formula is C12H10ClN3O4S. The van der Waals surface area contributed by atoms with E-state index in [2.05, 4.69) is 14.9 Å². The molecule has 0 atom stereocenters. The van der Waals surface area contributed by atoms with Crippen LogP contribution in [-0.2, 0) is 0 Å². The molecule has 110 valence electrons. The summed E-state index contributed by atoms with van der Waals surface area (Å²) in [5.74, 6) is -1.50. The molecule has 0 aliphatic carbocycles. The first-order valence-corrected chi connectivity index (χ1v) is 6.80. The summed E-state index contributed by atoms with van der Waals surface area (Å²) in [6, 6.07) is 2.57. The van der Waals surface area contributed by atoms with Crippen LogP contribution in [-0.4, -0.2) is 33.7 Å². The second kappa shape index (κ2) is 6.06. The van der Waals surface area contributed by atoms with E-state index in [9.17, 15) is 9.59 Å².